The third-order valence-electron chi connectivity index (χ3n) is 3.97. The van der Waals surface area contributed by atoms with Crippen molar-refractivity contribution in [3.05, 3.63) is 54.1 Å². The highest BCUT2D eigenvalue weighted by molar-refractivity contribution is 5.92. The second-order valence-electron chi connectivity index (χ2n) is 5.36. The van der Waals surface area contributed by atoms with Gasteiger partial charge in [-0.05, 0) is 30.2 Å². The molecule has 2 aromatic rings. The zero-order chi connectivity index (χ0) is 15.4. The van der Waals surface area contributed by atoms with E-state index >= 15 is 0 Å². The number of anilines is 2. The number of amides is 1. The zero-order valence-electron chi connectivity index (χ0n) is 12.7. The first kappa shape index (κ1) is 14.4. The van der Waals surface area contributed by atoms with Gasteiger partial charge in [0.1, 0.15) is 5.75 Å². The van der Waals surface area contributed by atoms with Crippen molar-refractivity contribution in [2.75, 3.05) is 30.4 Å². The summed E-state index contributed by atoms with van der Waals surface area (Å²) in [5, 5.41) is 2.92. The minimum atomic E-state index is 0.00822. The van der Waals surface area contributed by atoms with Crippen LogP contribution in [0.1, 0.15) is 12.0 Å². The monoisotopic (exact) mass is 296 g/mol. The number of nitrogens with one attached hydrogen (secondary N) is 1. The molecule has 0 bridgehead atoms. The largest absolute Gasteiger partial charge is 0.495 e. The Hall–Kier alpha value is -2.49. The highest BCUT2D eigenvalue weighted by atomic mass is 16.5. The van der Waals surface area contributed by atoms with Crippen LogP contribution in [0.3, 0.4) is 0 Å². The average Bonchev–Trinajstić information content (AvgIpc) is 2.97. The number of fused-ring (bicyclic) bond motifs is 1. The van der Waals surface area contributed by atoms with Crippen LogP contribution in [0, 0.1) is 0 Å². The van der Waals surface area contributed by atoms with Crippen LogP contribution >= 0.6 is 0 Å². The number of nitrogens with zero attached hydrogens (tertiary/aromatic N) is 1. The summed E-state index contributed by atoms with van der Waals surface area (Å²) in [4.78, 5) is 14.4. The Labute approximate surface area is 130 Å². The standard InChI is InChI=1S/C18H20N2O2/c1-22-17-9-5-3-7-15(17)19-18(21)11-13-20-12-10-14-6-2-4-8-16(14)20/h2-9H,10-13H2,1H3,(H,19,21). The van der Waals surface area contributed by atoms with Gasteiger partial charge in [-0.2, -0.15) is 0 Å². The fraction of sp³-hybridized carbons (Fsp3) is 0.278. The van der Waals surface area contributed by atoms with Crippen molar-refractivity contribution in [1.29, 1.82) is 0 Å². The summed E-state index contributed by atoms with van der Waals surface area (Å²) in [7, 11) is 1.60. The second-order valence-corrected chi connectivity index (χ2v) is 5.36. The van der Waals surface area contributed by atoms with E-state index in [9.17, 15) is 4.79 Å². The average molecular weight is 296 g/mol. The van der Waals surface area contributed by atoms with Crippen LogP contribution in [0.4, 0.5) is 11.4 Å². The molecule has 114 valence electrons. The Balaban J connectivity index is 1.57. The number of carbonyl (C=O) groups is 1. The number of benzene rings is 2. The normalized spacial score (nSPS) is 12.9. The molecule has 0 saturated heterocycles. The molecule has 0 spiro atoms. The summed E-state index contributed by atoms with van der Waals surface area (Å²) >= 11 is 0. The van der Waals surface area contributed by atoms with Gasteiger partial charge in [0.05, 0.1) is 12.8 Å². The molecular formula is C18H20N2O2. The molecule has 0 aromatic heterocycles. The van der Waals surface area contributed by atoms with E-state index < -0.39 is 0 Å². The van der Waals surface area contributed by atoms with Gasteiger partial charge in [0, 0.05) is 25.2 Å². The first-order valence-electron chi connectivity index (χ1n) is 7.53. The van der Waals surface area contributed by atoms with Crippen molar-refractivity contribution in [2.24, 2.45) is 0 Å². The van der Waals surface area contributed by atoms with Gasteiger partial charge in [-0.1, -0.05) is 30.3 Å². The third-order valence-corrected chi connectivity index (χ3v) is 3.97. The minimum absolute atomic E-state index is 0.00822. The molecule has 4 nitrogen and oxygen atoms in total. The molecule has 0 radical (unpaired) electrons. The van der Waals surface area contributed by atoms with Crippen LogP contribution in [0.15, 0.2) is 48.5 Å². The summed E-state index contributed by atoms with van der Waals surface area (Å²) in [5.41, 5.74) is 3.34. The Morgan fingerprint density at radius 3 is 2.82 bits per heavy atom. The molecule has 0 fully saturated rings. The Morgan fingerprint density at radius 1 is 1.18 bits per heavy atom. The first-order chi connectivity index (χ1) is 10.8. The summed E-state index contributed by atoms with van der Waals surface area (Å²) in [6.45, 7) is 1.72. The Kier molecular flexibility index (Phi) is 4.28. The van der Waals surface area contributed by atoms with E-state index in [1.54, 1.807) is 7.11 Å². The number of methoxy groups -OCH3 is 1. The van der Waals surface area contributed by atoms with Gasteiger partial charge in [0.25, 0.3) is 0 Å². The molecule has 0 atom stereocenters. The van der Waals surface area contributed by atoms with Crippen molar-refractivity contribution in [2.45, 2.75) is 12.8 Å². The van der Waals surface area contributed by atoms with Crippen LogP contribution in [0.2, 0.25) is 0 Å². The van der Waals surface area contributed by atoms with Crippen molar-refractivity contribution < 1.29 is 9.53 Å². The number of hydrogen-bond donors (Lipinski definition) is 1. The predicted molar refractivity (Wildman–Crippen MR) is 88.6 cm³/mol. The SMILES string of the molecule is COc1ccccc1NC(=O)CCN1CCc2ccccc21. The van der Waals surface area contributed by atoms with Gasteiger partial charge >= 0.3 is 0 Å². The van der Waals surface area contributed by atoms with Gasteiger partial charge in [-0.3, -0.25) is 4.79 Å². The zero-order valence-corrected chi connectivity index (χ0v) is 12.7. The van der Waals surface area contributed by atoms with Gasteiger partial charge in [0.15, 0.2) is 0 Å². The van der Waals surface area contributed by atoms with E-state index in [1.807, 2.05) is 30.3 Å². The first-order valence-corrected chi connectivity index (χ1v) is 7.53. The molecule has 0 saturated carbocycles. The Morgan fingerprint density at radius 2 is 1.95 bits per heavy atom. The van der Waals surface area contributed by atoms with E-state index in [0.29, 0.717) is 12.2 Å². The van der Waals surface area contributed by atoms with Crippen LogP contribution in [0.25, 0.3) is 0 Å². The summed E-state index contributed by atoms with van der Waals surface area (Å²) in [5.74, 6) is 0.691. The van der Waals surface area contributed by atoms with E-state index in [-0.39, 0.29) is 5.91 Å². The van der Waals surface area contributed by atoms with Gasteiger partial charge in [0.2, 0.25) is 5.91 Å². The maximum atomic E-state index is 12.2. The van der Waals surface area contributed by atoms with Crippen molar-refractivity contribution in [1.82, 2.24) is 0 Å². The molecular weight excluding hydrogens is 276 g/mol. The maximum absolute atomic E-state index is 12.2. The number of ether oxygens (including phenoxy) is 1. The molecule has 2 aromatic carbocycles. The van der Waals surface area contributed by atoms with Crippen molar-refractivity contribution in [3.63, 3.8) is 0 Å². The molecule has 1 amide bonds. The molecule has 1 aliphatic heterocycles. The quantitative estimate of drug-likeness (QED) is 0.922. The van der Waals surface area contributed by atoms with E-state index in [2.05, 4.69) is 28.4 Å². The smallest absolute Gasteiger partial charge is 0.226 e. The van der Waals surface area contributed by atoms with Gasteiger partial charge < -0.3 is 15.0 Å². The fourth-order valence-corrected chi connectivity index (χ4v) is 2.84. The van der Waals surface area contributed by atoms with Crippen molar-refractivity contribution in [3.8, 4) is 5.75 Å². The topological polar surface area (TPSA) is 41.6 Å². The summed E-state index contributed by atoms with van der Waals surface area (Å²) < 4.78 is 5.25. The molecule has 0 unspecified atom stereocenters. The van der Waals surface area contributed by atoms with Gasteiger partial charge in [-0.15, -0.1) is 0 Å². The molecule has 1 aliphatic rings. The lowest BCUT2D eigenvalue weighted by atomic mass is 10.2. The number of carbonyl (C=O) groups excluding carboxylic acids is 1. The minimum Gasteiger partial charge on any atom is -0.495 e. The van der Waals surface area contributed by atoms with Crippen molar-refractivity contribution >= 4 is 17.3 Å². The number of rotatable bonds is 5. The molecule has 1 N–H and O–H groups in total. The summed E-state index contributed by atoms with van der Waals surface area (Å²) in [6, 6.07) is 15.9. The van der Waals surface area contributed by atoms with Crippen LogP contribution < -0.4 is 15.0 Å². The van der Waals surface area contributed by atoms with E-state index in [0.717, 1.165) is 25.2 Å². The second kappa shape index (κ2) is 6.52. The lowest BCUT2D eigenvalue weighted by Gasteiger charge is -2.19. The van der Waals surface area contributed by atoms with E-state index in [4.69, 9.17) is 4.74 Å². The van der Waals surface area contributed by atoms with Gasteiger partial charge in [-0.25, -0.2) is 0 Å². The number of para-hydroxylation sites is 3. The Bertz CT molecular complexity index is 670. The third kappa shape index (κ3) is 3.06. The lowest BCUT2D eigenvalue weighted by molar-refractivity contribution is -0.116. The predicted octanol–water partition coefficient (Wildman–Crippen LogP) is 3.09. The maximum Gasteiger partial charge on any atom is 0.226 e. The summed E-state index contributed by atoms with van der Waals surface area (Å²) in [6.07, 6.45) is 1.52. The highest BCUT2D eigenvalue weighted by Gasteiger charge is 2.18. The molecule has 4 heteroatoms. The molecule has 3 rings (SSSR count). The molecule has 22 heavy (non-hydrogen) atoms. The molecule has 1 heterocycles. The highest BCUT2D eigenvalue weighted by Crippen LogP contribution is 2.27. The van der Waals surface area contributed by atoms with Crippen LogP contribution in [0.5, 0.6) is 5.75 Å². The van der Waals surface area contributed by atoms with E-state index in [1.165, 1.54) is 11.3 Å². The lowest BCUT2D eigenvalue weighted by Crippen LogP contribution is -2.26. The molecule has 0 aliphatic carbocycles. The van der Waals surface area contributed by atoms with Crippen LogP contribution in [-0.4, -0.2) is 26.1 Å². The fourth-order valence-electron chi connectivity index (χ4n) is 2.84. The number of hydrogen-bond acceptors (Lipinski definition) is 3. The van der Waals surface area contributed by atoms with Crippen LogP contribution in [-0.2, 0) is 11.2 Å².